The summed E-state index contributed by atoms with van der Waals surface area (Å²) in [6, 6.07) is 16.8. The minimum Gasteiger partial charge on any atom is -0.338 e. The predicted molar refractivity (Wildman–Crippen MR) is 91.4 cm³/mol. The fraction of sp³-hybridized carbons (Fsp3) is 0.200. The van der Waals surface area contributed by atoms with Gasteiger partial charge in [-0.2, -0.15) is 0 Å². The number of carbonyl (C=O) groups excluding carboxylic acids is 1. The van der Waals surface area contributed by atoms with Crippen molar-refractivity contribution in [1.29, 1.82) is 0 Å². The van der Waals surface area contributed by atoms with E-state index in [1.54, 1.807) is 18.2 Å². The van der Waals surface area contributed by atoms with E-state index in [-0.39, 0.29) is 11.7 Å². The molecule has 1 atom stereocenters. The predicted octanol–water partition coefficient (Wildman–Crippen LogP) is 4.00. The molecule has 4 rings (SSSR count). The molecule has 4 heteroatoms. The first-order chi connectivity index (χ1) is 11.7. The van der Waals surface area contributed by atoms with Gasteiger partial charge in [-0.05, 0) is 24.1 Å². The minimum atomic E-state index is -0.364. The lowest BCUT2D eigenvalue weighted by atomic mass is 9.99. The SMILES string of the molecule is O=C(c1cnc2c(F)cccc2c1)N1CCC(c2ccccc2)C1. The van der Waals surface area contributed by atoms with Crippen LogP contribution in [0.5, 0.6) is 0 Å². The van der Waals surface area contributed by atoms with Crippen LogP contribution in [0.4, 0.5) is 4.39 Å². The van der Waals surface area contributed by atoms with Crippen molar-refractivity contribution < 1.29 is 9.18 Å². The van der Waals surface area contributed by atoms with Gasteiger partial charge < -0.3 is 4.90 Å². The molecule has 1 unspecified atom stereocenters. The molecule has 2 aromatic carbocycles. The van der Waals surface area contributed by atoms with Gasteiger partial charge in [-0.3, -0.25) is 9.78 Å². The number of amides is 1. The number of nitrogens with zero attached hydrogens (tertiary/aromatic N) is 2. The Morgan fingerprint density at radius 3 is 2.79 bits per heavy atom. The maximum atomic E-state index is 13.7. The number of hydrogen-bond acceptors (Lipinski definition) is 2. The van der Waals surface area contributed by atoms with E-state index in [2.05, 4.69) is 17.1 Å². The second-order valence-corrected chi connectivity index (χ2v) is 6.18. The molecule has 120 valence electrons. The van der Waals surface area contributed by atoms with Crippen molar-refractivity contribution in [3.8, 4) is 0 Å². The van der Waals surface area contributed by atoms with Crippen LogP contribution in [0.25, 0.3) is 10.9 Å². The van der Waals surface area contributed by atoms with Crippen molar-refractivity contribution in [1.82, 2.24) is 9.88 Å². The minimum absolute atomic E-state index is 0.0351. The lowest BCUT2D eigenvalue weighted by molar-refractivity contribution is 0.0790. The van der Waals surface area contributed by atoms with E-state index in [1.165, 1.54) is 17.8 Å². The number of fused-ring (bicyclic) bond motifs is 1. The van der Waals surface area contributed by atoms with Crippen molar-refractivity contribution in [2.75, 3.05) is 13.1 Å². The van der Waals surface area contributed by atoms with Gasteiger partial charge in [0.25, 0.3) is 5.91 Å². The van der Waals surface area contributed by atoms with Crippen LogP contribution < -0.4 is 0 Å². The van der Waals surface area contributed by atoms with Crippen LogP contribution >= 0.6 is 0 Å². The monoisotopic (exact) mass is 320 g/mol. The Labute approximate surface area is 139 Å². The first-order valence-electron chi connectivity index (χ1n) is 8.11. The van der Waals surface area contributed by atoms with E-state index in [0.717, 1.165) is 13.0 Å². The maximum absolute atomic E-state index is 13.7. The third-order valence-corrected chi connectivity index (χ3v) is 4.66. The smallest absolute Gasteiger partial charge is 0.255 e. The first-order valence-corrected chi connectivity index (χ1v) is 8.11. The van der Waals surface area contributed by atoms with E-state index in [4.69, 9.17) is 0 Å². The van der Waals surface area contributed by atoms with E-state index < -0.39 is 0 Å². The first kappa shape index (κ1) is 14.8. The summed E-state index contributed by atoms with van der Waals surface area (Å²) >= 11 is 0. The summed E-state index contributed by atoms with van der Waals surface area (Å²) in [5.41, 5.74) is 2.09. The molecule has 0 saturated carbocycles. The number of para-hydroxylation sites is 1. The molecule has 0 spiro atoms. The second-order valence-electron chi connectivity index (χ2n) is 6.18. The zero-order valence-corrected chi connectivity index (χ0v) is 13.2. The topological polar surface area (TPSA) is 33.2 Å². The van der Waals surface area contributed by atoms with Gasteiger partial charge in [0.1, 0.15) is 11.3 Å². The van der Waals surface area contributed by atoms with Gasteiger partial charge in [0.2, 0.25) is 0 Å². The van der Waals surface area contributed by atoms with Gasteiger partial charge in [-0.1, -0.05) is 42.5 Å². The zero-order valence-electron chi connectivity index (χ0n) is 13.2. The Hall–Kier alpha value is -2.75. The number of likely N-dealkylation sites (tertiary alicyclic amines) is 1. The van der Waals surface area contributed by atoms with Crippen LogP contribution in [-0.2, 0) is 0 Å². The summed E-state index contributed by atoms with van der Waals surface area (Å²) in [6.07, 6.45) is 2.44. The molecule has 2 heterocycles. The van der Waals surface area contributed by atoms with Crippen molar-refractivity contribution in [3.63, 3.8) is 0 Å². The van der Waals surface area contributed by atoms with Crippen LogP contribution in [0.2, 0.25) is 0 Å². The fourth-order valence-electron chi connectivity index (χ4n) is 3.37. The number of aromatic nitrogens is 1. The van der Waals surface area contributed by atoms with Crippen molar-refractivity contribution in [3.05, 3.63) is 77.7 Å². The highest BCUT2D eigenvalue weighted by Gasteiger charge is 2.28. The zero-order chi connectivity index (χ0) is 16.5. The molecule has 1 fully saturated rings. The lowest BCUT2D eigenvalue weighted by Crippen LogP contribution is -2.28. The van der Waals surface area contributed by atoms with Gasteiger partial charge in [-0.15, -0.1) is 0 Å². The molecular weight excluding hydrogens is 303 g/mol. The highest BCUT2D eigenvalue weighted by molar-refractivity contribution is 5.97. The maximum Gasteiger partial charge on any atom is 0.255 e. The summed E-state index contributed by atoms with van der Waals surface area (Å²) in [4.78, 5) is 18.7. The third kappa shape index (κ3) is 2.64. The average Bonchev–Trinajstić information content (AvgIpc) is 3.12. The van der Waals surface area contributed by atoms with Crippen molar-refractivity contribution in [2.24, 2.45) is 0 Å². The van der Waals surface area contributed by atoms with Crippen molar-refractivity contribution >= 4 is 16.8 Å². The summed E-state index contributed by atoms with van der Waals surface area (Å²) in [5, 5.41) is 0.652. The summed E-state index contributed by atoms with van der Waals surface area (Å²) in [7, 11) is 0. The number of pyridine rings is 1. The van der Waals surface area contributed by atoms with Crippen LogP contribution in [0.15, 0.2) is 60.8 Å². The largest absolute Gasteiger partial charge is 0.338 e. The number of benzene rings is 2. The van der Waals surface area contributed by atoms with Crippen molar-refractivity contribution in [2.45, 2.75) is 12.3 Å². The molecule has 1 aliphatic heterocycles. The Morgan fingerprint density at radius 1 is 1.12 bits per heavy atom. The van der Waals surface area contributed by atoms with Gasteiger partial charge in [0, 0.05) is 30.6 Å². The number of hydrogen-bond donors (Lipinski definition) is 0. The van der Waals surface area contributed by atoms with E-state index in [1.807, 2.05) is 23.1 Å². The molecule has 24 heavy (non-hydrogen) atoms. The number of halogens is 1. The van der Waals surface area contributed by atoms with E-state index in [9.17, 15) is 9.18 Å². The molecule has 1 aliphatic rings. The Morgan fingerprint density at radius 2 is 1.96 bits per heavy atom. The quantitative estimate of drug-likeness (QED) is 0.715. The van der Waals surface area contributed by atoms with Crippen LogP contribution in [0.3, 0.4) is 0 Å². The Bertz CT molecular complexity index is 895. The molecule has 3 nitrogen and oxygen atoms in total. The van der Waals surface area contributed by atoms with Gasteiger partial charge >= 0.3 is 0 Å². The standard InChI is InChI=1S/C20H17FN2O/c21-18-8-4-7-15-11-17(12-22-19(15)18)20(24)23-10-9-16(13-23)14-5-2-1-3-6-14/h1-8,11-12,16H,9-10,13H2. The van der Waals surface area contributed by atoms with Gasteiger partial charge in [-0.25, -0.2) is 4.39 Å². The highest BCUT2D eigenvalue weighted by Crippen LogP contribution is 2.28. The molecular formula is C20H17FN2O. The lowest BCUT2D eigenvalue weighted by Gasteiger charge is -2.17. The molecule has 0 radical (unpaired) electrons. The summed E-state index contributed by atoms with van der Waals surface area (Å²) < 4.78 is 13.7. The highest BCUT2D eigenvalue weighted by atomic mass is 19.1. The fourth-order valence-corrected chi connectivity index (χ4v) is 3.37. The van der Waals surface area contributed by atoms with Crippen LogP contribution in [-0.4, -0.2) is 28.9 Å². The van der Waals surface area contributed by atoms with Gasteiger partial charge in [0.15, 0.2) is 0 Å². The number of rotatable bonds is 2. The molecule has 0 aliphatic carbocycles. The van der Waals surface area contributed by atoms with Gasteiger partial charge in [0.05, 0.1) is 5.56 Å². The number of carbonyl (C=O) groups is 1. The van der Waals surface area contributed by atoms with E-state index >= 15 is 0 Å². The molecule has 0 bridgehead atoms. The molecule has 1 saturated heterocycles. The second kappa shape index (κ2) is 6.04. The van der Waals surface area contributed by atoms with E-state index in [0.29, 0.717) is 28.9 Å². The summed E-state index contributed by atoms with van der Waals surface area (Å²) in [6.45, 7) is 1.45. The molecule has 3 aromatic rings. The Kier molecular flexibility index (Phi) is 3.73. The molecule has 0 N–H and O–H groups in total. The Balaban J connectivity index is 1.56. The van der Waals surface area contributed by atoms with Crippen LogP contribution in [0.1, 0.15) is 28.3 Å². The average molecular weight is 320 g/mol. The summed E-state index contributed by atoms with van der Waals surface area (Å²) in [5.74, 6) is -0.0232. The normalized spacial score (nSPS) is 17.4. The molecule has 1 amide bonds. The molecule has 1 aromatic heterocycles. The van der Waals surface area contributed by atoms with Crippen LogP contribution in [0, 0.1) is 5.82 Å². The third-order valence-electron chi connectivity index (χ3n) is 4.66.